The second-order valence-electron chi connectivity index (χ2n) is 7.71. The third-order valence-electron chi connectivity index (χ3n) is 5.70. The summed E-state index contributed by atoms with van der Waals surface area (Å²) in [5, 5.41) is 0. The smallest absolute Gasteiger partial charge is 0.162 e. The van der Waals surface area contributed by atoms with Gasteiger partial charge >= 0.3 is 0 Å². The van der Waals surface area contributed by atoms with Gasteiger partial charge in [-0.25, -0.2) is 0 Å². The Bertz CT molecular complexity index is 1000. The molecule has 30 heavy (non-hydrogen) atoms. The van der Waals surface area contributed by atoms with Gasteiger partial charge in [0.25, 0.3) is 0 Å². The zero-order valence-electron chi connectivity index (χ0n) is 17.8. The zero-order chi connectivity index (χ0) is 20.8. The molecule has 154 valence electrons. The average molecular weight is 400 g/mol. The Morgan fingerprint density at radius 2 is 1.73 bits per heavy atom. The SMILES string of the molecule is CCc1ncccc1-c1cc(OC2CCCC2)c(OC)cc1C=Cc1ccccc1. The van der Waals surface area contributed by atoms with Gasteiger partial charge in [-0.3, -0.25) is 4.98 Å². The maximum Gasteiger partial charge on any atom is 0.162 e. The van der Waals surface area contributed by atoms with E-state index < -0.39 is 0 Å². The first kappa shape index (κ1) is 20.2. The van der Waals surface area contributed by atoms with E-state index in [4.69, 9.17) is 9.47 Å². The van der Waals surface area contributed by atoms with Gasteiger partial charge in [0.05, 0.1) is 13.2 Å². The van der Waals surface area contributed by atoms with Crippen molar-refractivity contribution in [2.24, 2.45) is 0 Å². The van der Waals surface area contributed by atoms with Crippen LogP contribution in [0.3, 0.4) is 0 Å². The van der Waals surface area contributed by atoms with E-state index in [0.29, 0.717) is 0 Å². The molecule has 3 nitrogen and oxygen atoms in total. The summed E-state index contributed by atoms with van der Waals surface area (Å²) >= 11 is 0. The summed E-state index contributed by atoms with van der Waals surface area (Å²) in [6.07, 6.45) is 12.0. The molecule has 1 aliphatic carbocycles. The summed E-state index contributed by atoms with van der Waals surface area (Å²) in [5.74, 6) is 1.60. The Morgan fingerprint density at radius 3 is 2.47 bits per heavy atom. The molecule has 0 aliphatic heterocycles. The number of ether oxygens (including phenoxy) is 2. The lowest BCUT2D eigenvalue weighted by Gasteiger charge is -2.19. The molecule has 4 rings (SSSR count). The van der Waals surface area contributed by atoms with E-state index >= 15 is 0 Å². The van der Waals surface area contributed by atoms with E-state index in [9.17, 15) is 0 Å². The van der Waals surface area contributed by atoms with Gasteiger partial charge in [-0.05, 0) is 67.0 Å². The van der Waals surface area contributed by atoms with Crippen molar-refractivity contribution in [2.45, 2.75) is 45.1 Å². The summed E-state index contributed by atoms with van der Waals surface area (Å²) in [7, 11) is 1.71. The quantitative estimate of drug-likeness (QED) is 0.409. The van der Waals surface area contributed by atoms with Crippen LogP contribution in [0.2, 0.25) is 0 Å². The molecule has 1 heterocycles. The number of aryl methyl sites for hydroxylation is 1. The standard InChI is InChI=1S/C27H29NO2/c1-3-25-23(14-9-17-28-25)24-19-27(30-22-12-7-8-13-22)26(29-2)18-21(24)16-15-20-10-5-4-6-11-20/h4-6,9-11,14-19,22H,3,7-8,12-13H2,1-2H3. The van der Waals surface area contributed by atoms with Crippen LogP contribution >= 0.6 is 0 Å². The highest BCUT2D eigenvalue weighted by molar-refractivity contribution is 5.84. The van der Waals surface area contributed by atoms with Crippen molar-refractivity contribution in [3.63, 3.8) is 0 Å². The summed E-state index contributed by atoms with van der Waals surface area (Å²) < 4.78 is 12.1. The number of nitrogens with zero attached hydrogens (tertiary/aromatic N) is 1. The fraction of sp³-hybridized carbons (Fsp3) is 0.296. The van der Waals surface area contributed by atoms with Crippen molar-refractivity contribution in [1.29, 1.82) is 0 Å². The fourth-order valence-electron chi connectivity index (χ4n) is 4.10. The van der Waals surface area contributed by atoms with E-state index in [1.165, 1.54) is 12.8 Å². The van der Waals surface area contributed by atoms with E-state index in [0.717, 1.165) is 58.7 Å². The first-order chi connectivity index (χ1) is 14.8. The molecule has 0 radical (unpaired) electrons. The Kier molecular flexibility index (Phi) is 6.48. The highest BCUT2D eigenvalue weighted by Gasteiger charge is 2.20. The molecule has 1 fully saturated rings. The summed E-state index contributed by atoms with van der Waals surface area (Å²) in [4.78, 5) is 4.61. The van der Waals surface area contributed by atoms with Crippen molar-refractivity contribution in [3.8, 4) is 22.6 Å². The van der Waals surface area contributed by atoms with Crippen molar-refractivity contribution in [1.82, 2.24) is 4.98 Å². The number of methoxy groups -OCH3 is 1. The second kappa shape index (κ2) is 9.62. The van der Waals surface area contributed by atoms with Gasteiger partial charge in [0.2, 0.25) is 0 Å². The van der Waals surface area contributed by atoms with E-state index in [2.05, 4.69) is 66.5 Å². The van der Waals surface area contributed by atoms with Crippen molar-refractivity contribution in [2.75, 3.05) is 7.11 Å². The van der Waals surface area contributed by atoms with Crippen molar-refractivity contribution >= 4 is 12.2 Å². The minimum atomic E-state index is 0.275. The molecule has 0 unspecified atom stereocenters. The average Bonchev–Trinajstić information content (AvgIpc) is 3.31. The molecule has 1 saturated carbocycles. The Balaban J connectivity index is 1.81. The Labute approximate surface area is 179 Å². The Morgan fingerprint density at radius 1 is 0.933 bits per heavy atom. The number of rotatable bonds is 7. The first-order valence-corrected chi connectivity index (χ1v) is 10.8. The molecule has 1 aliphatic rings. The minimum absolute atomic E-state index is 0.275. The molecular weight excluding hydrogens is 370 g/mol. The van der Waals surface area contributed by atoms with Gasteiger partial charge in [0.15, 0.2) is 11.5 Å². The fourth-order valence-corrected chi connectivity index (χ4v) is 4.10. The normalized spacial score (nSPS) is 14.3. The topological polar surface area (TPSA) is 31.4 Å². The molecule has 0 atom stereocenters. The monoisotopic (exact) mass is 399 g/mol. The highest BCUT2D eigenvalue weighted by Crippen LogP contribution is 2.39. The summed E-state index contributed by atoms with van der Waals surface area (Å²) in [6.45, 7) is 2.14. The van der Waals surface area contributed by atoms with Crippen LogP contribution in [-0.2, 0) is 6.42 Å². The summed E-state index contributed by atoms with van der Waals surface area (Å²) in [6, 6.07) is 18.7. The van der Waals surface area contributed by atoms with Crippen LogP contribution < -0.4 is 9.47 Å². The molecule has 3 aromatic rings. The Hall–Kier alpha value is -3.07. The van der Waals surface area contributed by atoms with Crippen LogP contribution in [0.5, 0.6) is 11.5 Å². The molecule has 3 heteroatoms. The molecule has 2 aromatic carbocycles. The van der Waals surface area contributed by atoms with Gasteiger partial charge < -0.3 is 9.47 Å². The molecule has 0 amide bonds. The first-order valence-electron chi connectivity index (χ1n) is 10.8. The van der Waals surface area contributed by atoms with Crippen LogP contribution in [0.25, 0.3) is 23.3 Å². The van der Waals surface area contributed by atoms with Gasteiger partial charge in [-0.15, -0.1) is 0 Å². The maximum atomic E-state index is 6.38. The number of aromatic nitrogens is 1. The van der Waals surface area contributed by atoms with E-state index in [1.807, 2.05) is 18.3 Å². The van der Waals surface area contributed by atoms with Crippen LogP contribution in [0.1, 0.15) is 49.4 Å². The largest absolute Gasteiger partial charge is 0.493 e. The third kappa shape index (κ3) is 4.56. The van der Waals surface area contributed by atoms with Gasteiger partial charge in [0.1, 0.15) is 0 Å². The minimum Gasteiger partial charge on any atom is -0.493 e. The van der Waals surface area contributed by atoms with Crippen LogP contribution in [0, 0.1) is 0 Å². The van der Waals surface area contributed by atoms with E-state index in [-0.39, 0.29) is 6.10 Å². The number of hydrogen-bond donors (Lipinski definition) is 0. The second-order valence-corrected chi connectivity index (χ2v) is 7.71. The number of pyridine rings is 1. The number of hydrogen-bond acceptors (Lipinski definition) is 3. The van der Waals surface area contributed by atoms with Crippen LogP contribution in [0.15, 0.2) is 60.8 Å². The molecule has 0 saturated heterocycles. The van der Waals surface area contributed by atoms with Gasteiger partial charge in [-0.1, -0.05) is 55.5 Å². The zero-order valence-corrected chi connectivity index (χ0v) is 17.8. The maximum absolute atomic E-state index is 6.38. The molecule has 0 spiro atoms. The third-order valence-corrected chi connectivity index (χ3v) is 5.70. The number of benzene rings is 2. The highest BCUT2D eigenvalue weighted by atomic mass is 16.5. The summed E-state index contributed by atoms with van der Waals surface area (Å²) in [5.41, 5.74) is 5.61. The van der Waals surface area contributed by atoms with E-state index in [1.54, 1.807) is 7.11 Å². The predicted molar refractivity (Wildman–Crippen MR) is 124 cm³/mol. The molecule has 1 aromatic heterocycles. The lowest BCUT2D eigenvalue weighted by Crippen LogP contribution is -2.12. The lowest BCUT2D eigenvalue weighted by atomic mass is 9.96. The molecule has 0 N–H and O–H groups in total. The predicted octanol–water partition coefficient (Wildman–Crippen LogP) is 6.81. The molecular formula is C27H29NO2. The lowest BCUT2D eigenvalue weighted by molar-refractivity contribution is 0.201. The van der Waals surface area contributed by atoms with Crippen molar-refractivity contribution in [3.05, 3.63) is 77.6 Å². The van der Waals surface area contributed by atoms with Crippen LogP contribution in [0.4, 0.5) is 0 Å². The molecule has 0 bridgehead atoms. The van der Waals surface area contributed by atoms with Gasteiger partial charge in [-0.2, -0.15) is 0 Å². The van der Waals surface area contributed by atoms with Crippen LogP contribution in [-0.4, -0.2) is 18.2 Å². The van der Waals surface area contributed by atoms with Gasteiger partial charge in [0, 0.05) is 17.5 Å². The van der Waals surface area contributed by atoms with Crippen molar-refractivity contribution < 1.29 is 9.47 Å².